The van der Waals surface area contributed by atoms with Gasteiger partial charge in [-0.1, -0.05) is 32.6 Å². The third kappa shape index (κ3) is 3.82. The van der Waals surface area contributed by atoms with Gasteiger partial charge in [0.25, 0.3) is 0 Å². The molecule has 19 heavy (non-hydrogen) atoms. The molecule has 1 heterocycles. The van der Waals surface area contributed by atoms with Crippen LogP contribution in [0.2, 0.25) is 0 Å². The number of rotatable bonds is 6. The number of nitrogens with zero attached hydrogens (tertiary/aromatic N) is 2. The molecule has 1 fully saturated rings. The third-order valence-corrected chi connectivity index (χ3v) is 3.97. The lowest BCUT2D eigenvalue weighted by Gasteiger charge is -2.23. The van der Waals surface area contributed by atoms with E-state index in [1.54, 1.807) is 6.33 Å². The fraction of sp³-hybridized carbons (Fsp3) is 0.733. The van der Waals surface area contributed by atoms with Crippen molar-refractivity contribution in [1.29, 1.82) is 0 Å². The van der Waals surface area contributed by atoms with Crippen LogP contribution in [0.1, 0.15) is 51.0 Å². The summed E-state index contributed by atoms with van der Waals surface area (Å²) in [6.45, 7) is 3.24. The van der Waals surface area contributed by atoms with Crippen LogP contribution >= 0.6 is 0 Å². The van der Waals surface area contributed by atoms with Crippen molar-refractivity contribution >= 4 is 11.6 Å². The molecule has 0 spiro atoms. The Labute approximate surface area is 116 Å². The van der Waals surface area contributed by atoms with Gasteiger partial charge in [-0.15, -0.1) is 0 Å². The summed E-state index contributed by atoms with van der Waals surface area (Å²) in [4.78, 5) is 8.74. The van der Waals surface area contributed by atoms with Crippen LogP contribution in [0, 0.1) is 5.92 Å². The highest BCUT2D eigenvalue weighted by molar-refractivity contribution is 5.57. The van der Waals surface area contributed by atoms with E-state index in [2.05, 4.69) is 27.5 Å². The number of hydrogen-bond acceptors (Lipinski definition) is 4. The predicted octanol–water partition coefficient (Wildman–Crippen LogP) is 3.46. The Morgan fingerprint density at radius 3 is 2.58 bits per heavy atom. The van der Waals surface area contributed by atoms with Gasteiger partial charge >= 0.3 is 0 Å². The van der Waals surface area contributed by atoms with Gasteiger partial charge < -0.3 is 10.6 Å². The van der Waals surface area contributed by atoms with Crippen LogP contribution in [0.3, 0.4) is 0 Å². The maximum absolute atomic E-state index is 4.43. The molecule has 1 aliphatic carbocycles. The third-order valence-electron chi connectivity index (χ3n) is 3.97. The standard InChI is InChI=1S/C15H26N4/c1-3-7-13-14(16-2)18-11-19-15(13)17-10-12-8-5-4-6-9-12/h11-12H,3-10H2,1-2H3,(H2,16,17,18,19). The second-order valence-electron chi connectivity index (χ2n) is 5.43. The zero-order valence-corrected chi connectivity index (χ0v) is 12.2. The first-order chi connectivity index (χ1) is 9.35. The zero-order valence-electron chi connectivity index (χ0n) is 12.2. The minimum absolute atomic E-state index is 0.816. The topological polar surface area (TPSA) is 49.8 Å². The average Bonchev–Trinajstić information content (AvgIpc) is 2.47. The Bertz CT molecular complexity index is 386. The first-order valence-electron chi connectivity index (χ1n) is 7.60. The maximum atomic E-state index is 4.43. The number of hydrogen-bond donors (Lipinski definition) is 2. The Balaban J connectivity index is 2.01. The maximum Gasteiger partial charge on any atom is 0.134 e. The molecule has 0 aliphatic heterocycles. The van der Waals surface area contributed by atoms with E-state index >= 15 is 0 Å². The van der Waals surface area contributed by atoms with Crippen molar-refractivity contribution in [2.75, 3.05) is 24.2 Å². The van der Waals surface area contributed by atoms with E-state index in [-0.39, 0.29) is 0 Å². The molecule has 106 valence electrons. The lowest BCUT2D eigenvalue weighted by atomic mass is 9.89. The largest absolute Gasteiger partial charge is 0.373 e. The fourth-order valence-electron chi connectivity index (χ4n) is 2.90. The Morgan fingerprint density at radius 2 is 1.89 bits per heavy atom. The van der Waals surface area contributed by atoms with Gasteiger partial charge in [0.05, 0.1) is 0 Å². The van der Waals surface area contributed by atoms with Gasteiger partial charge in [0.2, 0.25) is 0 Å². The number of anilines is 2. The lowest BCUT2D eigenvalue weighted by molar-refractivity contribution is 0.373. The Morgan fingerprint density at radius 1 is 1.16 bits per heavy atom. The molecule has 0 unspecified atom stereocenters. The molecular weight excluding hydrogens is 236 g/mol. The highest BCUT2D eigenvalue weighted by Gasteiger charge is 2.15. The summed E-state index contributed by atoms with van der Waals surface area (Å²) in [7, 11) is 1.92. The second-order valence-corrected chi connectivity index (χ2v) is 5.43. The normalized spacial score (nSPS) is 16.3. The average molecular weight is 262 g/mol. The molecule has 4 heteroatoms. The summed E-state index contributed by atoms with van der Waals surface area (Å²) in [6, 6.07) is 0. The van der Waals surface area contributed by atoms with Crippen LogP contribution in [-0.2, 0) is 6.42 Å². The zero-order chi connectivity index (χ0) is 13.5. The van der Waals surface area contributed by atoms with E-state index in [1.165, 1.54) is 37.7 Å². The quantitative estimate of drug-likeness (QED) is 0.824. The summed E-state index contributed by atoms with van der Waals surface area (Å²) >= 11 is 0. The van der Waals surface area contributed by atoms with E-state index < -0.39 is 0 Å². The minimum Gasteiger partial charge on any atom is -0.373 e. The van der Waals surface area contributed by atoms with E-state index in [4.69, 9.17) is 0 Å². The number of nitrogens with one attached hydrogen (secondary N) is 2. The number of aromatic nitrogens is 2. The molecule has 1 aromatic heterocycles. The van der Waals surface area contributed by atoms with Crippen molar-refractivity contribution in [3.8, 4) is 0 Å². The minimum atomic E-state index is 0.816. The molecule has 2 N–H and O–H groups in total. The van der Waals surface area contributed by atoms with Crippen molar-refractivity contribution in [2.45, 2.75) is 51.9 Å². The van der Waals surface area contributed by atoms with Crippen LogP contribution in [-0.4, -0.2) is 23.6 Å². The molecule has 0 amide bonds. The van der Waals surface area contributed by atoms with Crippen molar-refractivity contribution < 1.29 is 0 Å². The van der Waals surface area contributed by atoms with Crippen molar-refractivity contribution in [2.24, 2.45) is 5.92 Å². The van der Waals surface area contributed by atoms with Crippen LogP contribution in [0.5, 0.6) is 0 Å². The monoisotopic (exact) mass is 262 g/mol. The highest BCUT2D eigenvalue weighted by atomic mass is 15.1. The summed E-state index contributed by atoms with van der Waals surface area (Å²) in [5.41, 5.74) is 1.23. The SMILES string of the molecule is CCCc1c(NC)ncnc1NCC1CCCCC1. The molecule has 1 aliphatic rings. The van der Waals surface area contributed by atoms with Gasteiger partial charge in [-0.05, 0) is 25.2 Å². The molecule has 1 saturated carbocycles. The smallest absolute Gasteiger partial charge is 0.134 e. The van der Waals surface area contributed by atoms with E-state index in [0.29, 0.717) is 0 Å². The Kier molecular flexibility index (Phi) is 5.43. The van der Waals surface area contributed by atoms with Gasteiger partial charge in [-0.3, -0.25) is 0 Å². The van der Waals surface area contributed by atoms with Crippen LogP contribution < -0.4 is 10.6 Å². The molecule has 0 atom stereocenters. The summed E-state index contributed by atoms with van der Waals surface area (Å²) < 4.78 is 0. The molecule has 0 saturated heterocycles. The van der Waals surface area contributed by atoms with Crippen molar-refractivity contribution in [3.05, 3.63) is 11.9 Å². The van der Waals surface area contributed by atoms with Crippen LogP contribution in [0.15, 0.2) is 6.33 Å². The van der Waals surface area contributed by atoms with Crippen molar-refractivity contribution in [3.63, 3.8) is 0 Å². The molecule has 4 nitrogen and oxygen atoms in total. The fourth-order valence-corrected chi connectivity index (χ4v) is 2.90. The van der Waals surface area contributed by atoms with Crippen LogP contribution in [0.4, 0.5) is 11.6 Å². The van der Waals surface area contributed by atoms with E-state index in [0.717, 1.165) is 36.9 Å². The van der Waals surface area contributed by atoms with Gasteiger partial charge in [-0.2, -0.15) is 0 Å². The Hall–Kier alpha value is -1.32. The lowest BCUT2D eigenvalue weighted by Crippen LogP contribution is -2.19. The summed E-state index contributed by atoms with van der Waals surface area (Å²) in [5.74, 6) is 2.80. The molecule has 0 radical (unpaired) electrons. The molecule has 1 aromatic rings. The molecule has 2 rings (SSSR count). The van der Waals surface area contributed by atoms with Crippen molar-refractivity contribution in [1.82, 2.24) is 9.97 Å². The molecular formula is C15H26N4. The predicted molar refractivity (Wildman–Crippen MR) is 80.6 cm³/mol. The van der Waals surface area contributed by atoms with Gasteiger partial charge in [0, 0.05) is 19.2 Å². The van der Waals surface area contributed by atoms with Crippen LogP contribution in [0.25, 0.3) is 0 Å². The van der Waals surface area contributed by atoms with Gasteiger partial charge in [-0.25, -0.2) is 9.97 Å². The molecule has 0 aromatic carbocycles. The van der Waals surface area contributed by atoms with E-state index in [9.17, 15) is 0 Å². The van der Waals surface area contributed by atoms with Gasteiger partial charge in [0.15, 0.2) is 0 Å². The van der Waals surface area contributed by atoms with Gasteiger partial charge in [0.1, 0.15) is 18.0 Å². The summed E-state index contributed by atoms with van der Waals surface area (Å²) in [6.07, 6.45) is 10.7. The molecule has 0 bridgehead atoms. The summed E-state index contributed by atoms with van der Waals surface area (Å²) in [5, 5.41) is 6.72. The highest BCUT2D eigenvalue weighted by Crippen LogP contribution is 2.26. The second kappa shape index (κ2) is 7.31. The first kappa shape index (κ1) is 14.1. The van der Waals surface area contributed by atoms with E-state index in [1.807, 2.05) is 7.05 Å². The first-order valence-corrected chi connectivity index (χ1v) is 7.60.